The zero-order valence-corrected chi connectivity index (χ0v) is 21.1. The number of hydrogen-bond acceptors (Lipinski definition) is 4. The van der Waals surface area contributed by atoms with Gasteiger partial charge >= 0.3 is 0 Å². The minimum atomic E-state index is -3.32. The lowest BCUT2D eigenvalue weighted by Crippen LogP contribution is -2.40. The Bertz CT molecular complexity index is 908. The monoisotopic (exact) mass is 557 g/mol. The average Bonchev–Trinajstić information content (AvgIpc) is 3.23. The van der Waals surface area contributed by atoms with Gasteiger partial charge in [-0.05, 0) is 31.0 Å². The van der Waals surface area contributed by atoms with Crippen molar-refractivity contribution in [3.05, 3.63) is 66.2 Å². The van der Waals surface area contributed by atoms with Crippen LogP contribution in [0.15, 0.2) is 70.6 Å². The first-order valence-corrected chi connectivity index (χ1v) is 12.2. The van der Waals surface area contributed by atoms with Crippen LogP contribution in [0.5, 0.6) is 0 Å². The van der Waals surface area contributed by atoms with Gasteiger partial charge in [0.15, 0.2) is 15.8 Å². The Morgan fingerprint density at radius 1 is 1.13 bits per heavy atom. The van der Waals surface area contributed by atoms with E-state index >= 15 is 0 Å². The van der Waals surface area contributed by atoms with Crippen LogP contribution in [0.25, 0.3) is 0 Å². The number of halogens is 1. The summed E-state index contributed by atoms with van der Waals surface area (Å²) in [5.41, 5.74) is 1.18. The molecule has 0 bridgehead atoms. The minimum Gasteiger partial charge on any atom is -0.376 e. The summed E-state index contributed by atoms with van der Waals surface area (Å²) in [7, 11) is -3.32. The highest BCUT2D eigenvalue weighted by Gasteiger charge is 2.25. The van der Waals surface area contributed by atoms with Crippen molar-refractivity contribution in [3.63, 3.8) is 0 Å². The Balaban J connectivity index is 0.00000341. The van der Waals surface area contributed by atoms with Crippen molar-refractivity contribution in [1.82, 2.24) is 10.2 Å². The van der Waals surface area contributed by atoms with Gasteiger partial charge in [-0.3, -0.25) is 4.99 Å². The van der Waals surface area contributed by atoms with Gasteiger partial charge in [-0.2, -0.15) is 0 Å². The number of benzene rings is 2. The van der Waals surface area contributed by atoms with E-state index in [4.69, 9.17) is 4.74 Å². The van der Waals surface area contributed by atoms with Crippen molar-refractivity contribution >= 4 is 39.8 Å². The Labute approximate surface area is 203 Å². The van der Waals surface area contributed by atoms with E-state index in [-0.39, 0.29) is 36.3 Å². The van der Waals surface area contributed by atoms with E-state index in [1.54, 1.807) is 24.3 Å². The van der Waals surface area contributed by atoms with Crippen LogP contribution in [0.4, 0.5) is 0 Å². The third-order valence-corrected chi connectivity index (χ3v) is 6.82. The number of rotatable bonds is 9. The maximum atomic E-state index is 12.5. The summed E-state index contributed by atoms with van der Waals surface area (Å²) in [5.74, 6) is 1.24. The summed E-state index contributed by atoms with van der Waals surface area (Å²) >= 11 is 0. The number of aliphatic imine (C=N–C) groups is 1. The van der Waals surface area contributed by atoms with E-state index in [9.17, 15) is 8.42 Å². The Morgan fingerprint density at radius 2 is 1.81 bits per heavy atom. The van der Waals surface area contributed by atoms with E-state index in [1.165, 1.54) is 5.56 Å². The topological polar surface area (TPSA) is 71.0 Å². The molecule has 0 saturated carbocycles. The molecule has 6 nitrogen and oxygen atoms in total. The van der Waals surface area contributed by atoms with Crippen LogP contribution < -0.4 is 5.32 Å². The summed E-state index contributed by atoms with van der Waals surface area (Å²) in [4.78, 5) is 7.13. The maximum absolute atomic E-state index is 12.5. The van der Waals surface area contributed by atoms with Crippen molar-refractivity contribution in [3.8, 4) is 0 Å². The van der Waals surface area contributed by atoms with Crippen LogP contribution in [0.1, 0.15) is 18.9 Å². The van der Waals surface area contributed by atoms with Crippen LogP contribution in [-0.4, -0.2) is 57.8 Å². The second kappa shape index (κ2) is 13.0. The molecule has 0 spiro atoms. The molecule has 1 atom stereocenters. The van der Waals surface area contributed by atoms with E-state index in [1.807, 2.05) is 31.2 Å². The smallest absolute Gasteiger partial charge is 0.193 e. The van der Waals surface area contributed by atoms with Crippen LogP contribution in [0.3, 0.4) is 0 Å². The number of likely N-dealkylation sites (tertiary alicyclic amines) is 1. The number of sulfone groups is 1. The largest absolute Gasteiger partial charge is 0.376 e. The predicted molar refractivity (Wildman–Crippen MR) is 136 cm³/mol. The first kappa shape index (κ1) is 25.6. The van der Waals surface area contributed by atoms with Gasteiger partial charge in [0.25, 0.3) is 0 Å². The van der Waals surface area contributed by atoms with Crippen molar-refractivity contribution < 1.29 is 13.2 Å². The molecule has 0 radical (unpaired) electrons. The fraction of sp³-hybridized carbons (Fsp3) is 0.435. The number of ether oxygens (including phenoxy) is 1. The molecule has 31 heavy (non-hydrogen) atoms. The highest BCUT2D eigenvalue weighted by molar-refractivity contribution is 14.0. The molecule has 1 N–H and O–H groups in total. The molecular weight excluding hydrogens is 525 g/mol. The molecule has 0 amide bonds. The summed E-state index contributed by atoms with van der Waals surface area (Å²) in [6.07, 6.45) is 1.04. The summed E-state index contributed by atoms with van der Waals surface area (Å²) in [6, 6.07) is 18.7. The van der Waals surface area contributed by atoms with Crippen molar-refractivity contribution in [2.24, 2.45) is 10.9 Å². The van der Waals surface area contributed by atoms with Crippen molar-refractivity contribution in [1.29, 1.82) is 0 Å². The van der Waals surface area contributed by atoms with E-state index in [2.05, 4.69) is 27.3 Å². The highest BCUT2D eigenvalue weighted by atomic mass is 127. The molecule has 170 valence electrons. The SMILES string of the molecule is CCNC(=NCCS(=O)(=O)c1ccccc1)N1CCC(COCc2ccccc2)C1.I. The summed E-state index contributed by atoms with van der Waals surface area (Å²) < 4.78 is 30.8. The molecule has 2 aromatic carbocycles. The molecule has 1 aliphatic heterocycles. The fourth-order valence-electron chi connectivity index (χ4n) is 3.52. The van der Waals surface area contributed by atoms with Crippen LogP contribution in [0.2, 0.25) is 0 Å². The van der Waals surface area contributed by atoms with Gasteiger partial charge < -0.3 is 15.0 Å². The van der Waals surface area contributed by atoms with Gasteiger partial charge in [0, 0.05) is 25.6 Å². The molecule has 1 heterocycles. The van der Waals surface area contributed by atoms with Gasteiger partial charge in [-0.1, -0.05) is 48.5 Å². The first-order chi connectivity index (χ1) is 14.6. The molecule has 0 aromatic heterocycles. The third-order valence-electron chi connectivity index (χ3n) is 5.11. The average molecular weight is 557 g/mol. The van der Waals surface area contributed by atoms with E-state index in [0.29, 0.717) is 24.0 Å². The zero-order valence-electron chi connectivity index (χ0n) is 17.9. The molecule has 1 fully saturated rings. The van der Waals surface area contributed by atoms with Crippen molar-refractivity contribution in [2.45, 2.75) is 24.8 Å². The van der Waals surface area contributed by atoms with Gasteiger partial charge in [0.05, 0.1) is 30.4 Å². The summed E-state index contributed by atoms with van der Waals surface area (Å²) in [6.45, 7) is 6.12. The van der Waals surface area contributed by atoms with Crippen LogP contribution in [-0.2, 0) is 21.2 Å². The molecule has 1 aliphatic rings. The number of hydrogen-bond donors (Lipinski definition) is 1. The molecule has 1 saturated heterocycles. The van der Waals surface area contributed by atoms with E-state index in [0.717, 1.165) is 32.0 Å². The molecule has 8 heteroatoms. The van der Waals surface area contributed by atoms with Crippen LogP contribution in [0, 0.1) is 5.92 Å². The molecule has 3 rings (SSSR count). The highest BCUT2D eigenvalue weighted by Crippen LogP contribution is 2.17. The fourth-order valence-corrected chi connectivity index (χ4v) is 4.66. The van der Waals surface area contributed by atoms with E-state index < -0.39 is 9.84 Å². The molecular formula is C23H32IN3O3S. The van der Waals surface area contributed by atoms with Gasteiger partial charge in [0.2, 0.25) is 0 Å². The third kappa shape index (κ3) is 8.08. The van der Waals surface area contributed by atoms with Gasteiger partial charge in [0.1, 0.15) is 0 Å². The molecule has 1 unspecified atom stereocenters. The standard InChI is InChI=1S/C23H31N3O3S.HI/c1-2-24-23(25-14-16-30(27,28)22-11-7-4-8-12-22)26-15-13-21(17-26)19-29-18-20-9-5-3-6-10-20;/h3-12,21H,2,13-19H2,1H3,(H,24,25);1H. The Morgan fingerprint density at radius 3 is 2.48 bits per heavy atom. The number of nitrogens with one attached hydrogen (secondary N) is 1. The second-order valence-corrected chi connectivity index (χ2v) is 9.58. The lowest BCUT2D eigenvalue weighted by atomic mass is 10.1. The first-order valence-electron chi connectivity index (χ1n) is 10.5. The normalized spacial score (nSPS) is 16.7. The van der Waals surface area contributed by atoms with Crippen molar-refractivity contribution in [2.75, 3.05) is 38.5 Å². The van der Waals surface area contributed by atoms with Gasteiger partial charge in [-0.15, -0.1) is 24.0 Å². The van der Waals surface area contributed by atoms with Gasteiger partial charge in [-0.25, -0.2) is 8.42 Å². The number of nitrogens with zero attached hydrogens (tertiary/aromatic N) is 2. The Hall–Kier alpha value is -1.65. The lowest BCUT2D eigenvalue weighted by Gasteiger charge is -2.21. The maximum Gasteiger partial charge on any atom is 0.193 e. The second-order valence-electron chi connectivity index (χ2n) is 7.47. The predicted octanol–water partition coefficient (Wildman–Crippen LogP) is 3.58. The quantitative estimate of drug-likeness (QED) is 0.290. The minimum absolute atomic E-state index is 0. The molecule has 2 aromatic rings. The molecule has 0 aliphatic carbocycles. The number of guanidine groups is 1. The lowest BCUT2D eigenvalue weighted by molar-refractivity contribution is 0.0907. The Kier molecular flexibility index (Phi) is 10.8. The summed E-state index contributed by atoms with van der Waals surface area (Å²) in [5, 5.41) is 3.29. The van der Waals surface area contributed by atoms with Crippen LogP contribution >= 0.6 is 24.0 Å². The zero-order chi connectivity index (χ0) is 21.2.